The fourth-order valence-electron chi connectivity index (χ4n) is 2.52. The lowest BCUT2D eigenvalue weighted by molar-refractivity contribution is -0.146. The second kappa shape index (κ2) is 4.40. The van der Waals surface area contributed by atoms with Crippen LogP contribution in [0.2, 0.25) is 0 Å². The standard InChI is InChI=1S/C14H19NO2/c1-4-14(13(16)17-3)9-8-11-7-5-6-10(2)12(11)15-14/h5-7,15H,4,8-9H2,1-3H3. The van der Waals surface area contributed by atoms with Crippen LogP contribution in [0.3, 0.4) is 0 Å². The number of fused-ring (bicyclic) bond motifs is 1. The summed E-state index contributed by atoms with van der Waals surface area (Å²) in [6, 6.07) is 6.24. The summed E-state index contributed by atoms with van der Waals surface area (Å²) < 4.78 is 4.94. The number of esters is 1. The summed E-state index contributed by atoms with van der Waals surface area (Å²) in [5, 5.41) is 3.40. The number of hydrogen-bond acceptors (Lipinski definition) is 3. The highest BCUT2D eigenvalue weighted by Crippen LogP contribution is 2.35. The van der Waals surface area contributed by atoms with Gasteiger partial charge < -0.3 is 10.1 Å². The first-order valence-corrected chi connectivity index (χ1v) is 6.08. The smallest absolute Gasteiger partial charge is 0.331 e. The SMILES string of the molecule is CCC1(C(=O)OC)CCc2cccc(C)c2N1. The highest BCUT2D eigenvalue weighted by molar-refractivity contribution is 5.86. The number of aryl methyl sites for hydroxylation is 2. The first-order chi connectivity index (χ1) is 8.13. The number of ether oxygens (including phenoxy) is 1. The van der Waals surface area contributed by atoms with Crippen LogP contribution in [-0.2, 0) is 16.0 Å². The van der Waals surface area contributed by atoms with Gasteiger partial charge >= 0.3 is 5.97 Å². The summed E-state index contributed by atoms with van der Waals surface area (Å²) >= 11 is 0. The van der Waals surface area contributed by atoms with E-state index < -0.39 is 5.54 Å². The molecule has 0 saturated carbocycles. The van der Waals surface area contributed by atoms with Gasteiger partial charge in [0.2, 0.25) is 0 Å². The Morgan fingerprint density at radius 1 is 1.53 bits per heavy atom. The number of benzene rings is 1. The third-order valence-electron chi connectivity index (χ3n) is 3.72. The summed E-state index contributed by atoms with van der Waals surface area (Å²) in [5.74, 6) is -0.158. The average Bonchev–Trinajstić information content (AvgIpc) is 2.38. The molecule has 1 aliphatic rings. The molecule has 2 rings (SSSR count). The number of carbonyl (C=O) groups excluding carboxylic acids is 1. The van der Waals surface area contributed by atoms with E-state index in [9.17, 15) is 4.79 Å². The Morgan fingerprint density at radius 3 is 2.94 bits per heavy atom. The Labute approximate surface area is 102 Å². The van der Waals surface area contributed by atoms with E-state index >= 15 is 0 Å². The Balaban J connectivity index is 2.39. The molecule has 1 aliphatic heterocycles. The van der Waals surface area contributed by atoms with E-state index in [2.05, 4.69) is 30.4 Å². The Morgan fingerprint density at radius 2 is 2.29 bits per heavy atom. The van der Waals surface area contributed by atoms with Gasteiger partial charge in [-0.1, -0.05) is 25.1 Å². The van der Waals surface area contributed by atoms with Crippen molar-refractivity contribution in [2.45, 2.75) is 38.6 Å². The molecule has 1 heterocycles. The zero-order valence-electron chi connectivity index (χ0n) is 10.7. The third-order valence-corrected chi connectivity index (χ3v) is 3.72. The lowest BCUT2D eigenvalue weighted by atomic mass is 9.83. The van der Waals surface area contributed by atoms with Gasteiger partial charge in [0.1, 0.15) is 5.54 Å². The predicted molar refractivity (Wildman–Crippen MR) is 68.2 cm³/mol. The topological polar surface area (TPSA) is 38.3 Å². The molecule has 0 fully saturated rings. The van der Waals surface area contributed by atoms with E-state index in [1.807, 2.05) is 6.92 Å². The number of anilines is 1. The highest BCUT2D eigenvalue weighted by Gasteiger charge is 2.40. The van der Waals surface area contributed by atoms with Crippen LogP contribution in [0.5, 0.6) is 0 Å². The van der Waals surface area contributed by atoms with Crippen molar-refractivity contribution >= 4 is 11.7 Å². The van der Waals surface area contributed by atoms with Crippen molar-refractivity contribution in [3.8, 4) is 0 Å². The van der Waals surface area contributed by atoms with Crippen molar-refractivity contribution in [2.75, 3.05) is 12.4 Å². The molecule has 0 amide bonds. The quantitative estimate of drug-likeness (QED) is 0.798. The van der Waals surface area contributed by atoms with Crippen LogP contribution in [0.4, 0.5) is 5.69 Å². The van der Waals surface area contributed by atoms with E-state index in [0.29, 0.717) is 0 Å². The average molecular weight is 233 g/mol. The van der Waals surface area contributed by atoms with Gasteiger partial charge in [-0.05, 0) is 37.3 Å². The summed E-state index contributed by atoms with van der Waals surface area (Å²) in [5.41, 5.74) is 3.03. The first kappa shape index (κ1) is 12.0. The molecular formula is C14H19NO2. The lowest BCUT2D eigenvalue weighted by Gasteiger charge is -2.37. The van der Waals surface area contributed by atoms with Crippen LogP contribution in [0, 0.1) is 6.92 Å². The molecule has 0 radical (unpaired) electrons. The van der Waals surface area contributed by atoms with E-state index in [-0.39, 0.29) is 5.97 Å². The Kier molecular flexibility index (Phi) is 3.09. The molecule has 17 heavy (non-hydrogen) atoms. The fraction of sp³-hybridized carbons (Fsp3) is 0.500. The van der Waals surface area contributed by atoms with E-state index in [1.165, 1.54) is 18.2 Å². The molecule has 1 unspecified atom stereocenters. The minimum atomic E-state index is -0.548. The van der Waals surface area contributed by atoms with Gasteiger partial charge in [-0.25, -0.2) is 4.79 Å². The first-order valence-electron chi connectivity index (χ1n) is 6.08. The zero-order valence-corrected chi connectivity index (χ0v) is 10.7. The Bertz CT molecular complexity index is 442. The van der Waals surface area contributed by atoms with Gasteiger partial charge in [0.15, 0.2) is 0 Å². The van der Waals surface area contributed by atoms with Crippen molar-refractivity contribution < 1.29 is 9.53 Å². The maximum absolute atomic E-state index is 12.0. The monoisotopic (exact) mass is 233 g/mol. The molecule has 0 saturated heterocycles. The molecule has 1 aromatic carbocycles. The zero-order chi connectivity index (χ0) is 12.5. The minimum absolute atomic E-state index is 0.158. The second-order valence-electron chi connectivity index (χ2n) is 4.66. The minimum Gasteiger partial charge on any atom is -0.467 e. The maximum Gasteiger partial charge on any atom is 0.331 e. The van der Waals surface area contributed by atoms with Crippen LogP contribution in [-0.4, -0.2) is 18.6 Å². The van der Waals surface area contributed by atoms with Crippen molar-refractivity contribution in [2.24, 2.45) is 0 Å². The van der Waals surface area contributed by atoms with Crippen LogP contribution in [0.25, 0.3) is 0 Å². The van der Waals surface area contributed by atoms with E-state index in [1.54, 1.807) is 0 Å². The molecule has 92 valence electrons. The van der Waals surface area contributed by atoms with Gasteiger partial charge in [-0.2, -0.15) is 0 Å². The van der Waals surface area contributed by atoms with Crippen molar-refractivity contribution in [3.05, 3.63) is 29.3 Å². The second-order valence-corrected chi connectivity index (χ2v) is 4.66. The number of carbonyl (C=O) groups is 1. The normalized spacial score (nSPS) is 22.5. The molecule has 0 aromatic heterocycles. The summed E-state index contributed by atoms with van der Waals surface area (Å²) in [6.07, 6.45) is 2.47. The largest absolute Gasteiger partial charge is 0.467 e. The highest BCUT2D eigenvalue weighted by atomic mass is 16.5. The van der Waals surface area contributed by atoms with Crippen molar-refractivity contribution in [1.82, 2.24) is 0 Å². The van der Waals surface area contributed by atoms with Crippen LogP contribution in [0.15, 0.2) is 18.2 Å². The van der Waals surface area contributed by atoms with Crippen LogP contribution in [0.1, 0.15) is 30.9 Å². The number of nitrogens with one attached hydrogen (secondary N) is 1. The molecular weight excluding hydrogens is 214 g/mol. The molecule has 0 spiro atoms. The summed E-state index contributed by atoms with van der Waals surface area (Å²) in [6.45, 7) is 4.09. The number of rotatable bonds is 2. The van der Waals surface area contributed by atoms with E-state index in [0.717, 1.165) is 24.9 Å². The Hall–Kier alpha value is -1.51. The fourth-order valence-corrected chi connectivity index (χ4v) is 2.52. The van der Waals surface area contributed by atoms with Crippen LogP contribution < -0.4 is 5.32 Å². The van der Waals surface area contributed by atoms with Crippen molar-refractivity contribution in [1.29, 1.82) is 0 Å². The van der Waals surface area contributed by atoms with Gasteiger partial charge in [-0.15, -0.1) is 0 Å². The van der Waals surface area contributed by atoms with Gasteiger partial charge in [-0.3, -0.25) is 0 Å². The molecule has 0 bridgehead atoms. The molecule has 0 aliphatic carbocycles. The number of hydrogen-bond donors (Lipinski definition) is 1. The number of para-hydroxylation sites is 1. The lowest BCUT2D eigenvalue weighted by Crippen LogP contribution is -2.49. The molecule has 1 N–H and O–H groups in total. The van der Waals surface area contributed by atoms with Gasteiger partial charge in [0.05, 0.1) is 7.11 Å². The molecule has 1 atom stereocenters. The number of methoxy groups -OCH3 is 1. The third kappa shape index (κ3) is 1.90. The maximum atomic E-state index is 12.0. The van der Waals surface area contributed by atoms with Crippen molar-refractivity contribution in [3.63, 3.8) is 0 Å². The molecule has 1 aromatic rings. The molecule has 3 heteroatoms. The molecule has 3 nitrogen and oxygen atoms in total. The summed E-state index contributed by atoms with van der Waals surface area (Å²) in [4.78, 5) is 12.0. The van der Waals surface area contributed by atoms with Gasteiger partial charge in [0, 0.05) is 5.69 Å². The predicted octanol–water partition coefficient (Wildman–Crippen LogP) is 2.67. The van der Waals surface area contributed by atoms with E-state index in [4.69, 9.17) is 4.74 Å². The summed E-state index contributed by atoms with van der Waals surface area (Å²) in [7, 11) is 1.45. The van der Waals surface area contributed by atoms with Crippen LogP contribution >= 0.6 is 0 Å². The van der Waals surface area contributed by atoms with Gasteiger partial charge in [0.25, 0.3) is 0 Å².